The van der Waals surface area contributed by atoms with Crippen molar-refractivity contribution < 1.29 is 9.53 Å². The molecular weight excluding hydrogens is 338 g/mol. The van der Waals surface area contributed by atoms with E-state index in [0.717, 1.165) is 37.8 Å². The predicted molar refractivity (Wildman–Crippen MR) is 102 cm³/mol. The highest BCUT2D eigenvalue weighted by molar-refractivity contribution is 6.31. The Morgan fingerprint density at radius 1 is 1.16 bits per heavy atom. The maximum atomic E-state index is 12.6. The molecule has 1 aromatic rings. The first kappa shape index (κ1) is 18.3. The highest BCUT2D eigenvalue weighted by Crippen LogP contribution is 2.31. The topological polar surface area (TPSA) is 44.8 Å². The molecule has 2 aliphatic rings. The van der Waals surface area contributed by atoms with Gasteiger partial charge in [0.05, 0.1) is 12.8 Å². The molecule has 0 atom stereocenters. The Morgan fingerprint density at radius 2 is 1.84 bits per heavy atom. The van der Waals surface area contributed by atoms with E-state index in [1.165, 1.54) is 32.1 Å². The number of halogens is 1. The summed E-state index contributed by atoms with van der Waals surface area (Å²) in [5.74, 6) is 0.588. The van der Waals surface area contributed by atoms with Crippen molar-refractivity contribution in [1.82, 2.24) is 9.80 Å². The number of hydrogen-bond donors (Lipinski definition) is 1. The number of urea groups is 1. The zero-order valence-corrected chi connectivity index (χ0v) is 15.9. The van der Waals surface area contributed by atoms with Gasteiger partial charge in [-0.2, -0.15) is 0 Å². The number of carbonyl (C=O) groups is 1. The zero-order chi connectivity index (χ0) is 17.8. The minimum atomic E-state index is -0.0664. The van der Waals surface area contributed by atoms with Crippen LogP contribution in [0.25, 0.3) is 0 Å². The van der Waals surface area contributed by atoms with Crippen LogP contribution in [-0.2, 0) is 0 Å². The Balaban J connectivity index is 1.57. The Kier molecular flexibility index (Phi) is 6.07. The van der Waals surface area contributed by atoms with Crippen LogP contribution in [0.4, 0.5) is 10.5 Å². The molecule has 3 rings (SSSR count). The van der Waals surface area contributed by atoms with Gasteiger partial charge < -0.3 is 15.0 Å². The maximum absolute atomic E-state index is 12.6. The number of piperazine rings is 1. The van der Waals surface area contributed by atoms with Crippen LogP contribution in [0.3, 0.4) is 0 Å². The molecule has 1 aromatic carbocycles. The Hall–Kier alpha value is -1.46. The Morgan fingerprint density at radius 3 is 2.48 bits per heavy atom. The molecule has 0 bridgehead atoms. The lowest BCUT2D eigenvalue weighted by Crippen LogP contribution is -2.53. The van der Waals surface area contributed by atoms with Crippen molar-refractivity contribution in [2.24, 2.45) is 0 Å². The van der Waals surface area contributed by atoms with Crippen molar-refractivity contribution in [3.8, 4) is 5.75 Å². The van der Waals surface area contributed by atoms with E-state index in [0.29, 0.717) is 16.5 Å². The quantitative estimate of drug-likeness (QED) is 0.875. The highest BCUT2D eigenvalue weighted by Gasteiger charge is 2.27. The van der Waals surface area contributed by atoms with E-state index in [-0.39, 0.29) is 6.03 Å². The molecule has 0 spiro atoms. The predicted octanol–water partition coefficient (Wildman–Crippen LogP) is 4.14. The first-order valence-electron chi connectivity index (χ1n) is 9.22. The molecule has 25 heavy (non-hydrogen) atoms. The number of carbonyl (C=O) groups excluding carboxylic acids is 1. The van der Waals surface area contributed by atoms with E-state index in [2.05, 4.69) is 10.2 Å². The van der Waals surface area contributed by atoms with Gasteiger partial charge in [0.25, 0.3) is 0 Å². The molecule has 0 aromatic heterocycles. The van der Waals surface area contributed by atoms with Gasteiger partial charge in [0.2, 0.25) is 0 Å². The van der Waals surface area contributed by atoms with Gasteiger partial charge in [0.15, 0.2) is 0 Å². The fraction of sp³-hybridized carbons (Fsp3) is 0.632. The number of amides is 2. The van der Waals surface area contributed by atoms with Crippen LogP contribution < -0.4 is 10.1 Å². The number of nitrogens with one attached hydrogen (secondary N) is 1. The van der Waals surface area contributed by atoms with E-state index in [1.807, 2.05) is 17.9 Å². The first-order valence-corrected chi connectivity index (χ1v) is 9.60. The average Bonchev–Trinajstić information content (AvgIpc) is 2.65. The van der Waals surface area contributed by atoms with Crippen molar-refractivity contribution in [2.45, 2.75) is 45.1 Å². The van der Waals surface area contributed by atoms with Gasteiger partial charge in [-0.05, 0) is 31.4 Å². The van der Waals surface area contributed by atoms with E-state index in [1.54, 1.807) is 13.2 Å². The maximum Gasteiger partial charge on any atom is 0.322 e. The number of ether oxygens (including phenoxy) is 1. The molecule has 1 aliphatic heterocycles. The number of aryl methyl sites for hydroxylation is 1. The summed E-state index contributed by atoms with van der Waals surface area (Å²) < 4.78 is 5.34. The fourth-order valence-corrected chi connectivity index (χ4v) is 4.01. The monoisotopic (exact) mass is 365 g/mol. The molecule has 0 radical (unpaired) electrons. The minimum absolute atomic E-state index is 0.0664. The molecule has 1 saturated carbocycles. The summed E-state index contributed by atoms with van der Waals surface area (Å²) in [4.78, 5) is 17.1. The van der Waals surface area contributed by atoms with Gasteiger partial charge in [-0.25, -0.2) is 4.79 Å². The first-order chi connectivity index (χ1) is 12.1. The molecule has 6 heteroatoms. The second-order valence-electron chi connectivity index (χ2n) is 7.05. The third-order valence-electron chi connectivity index (χ3n) is 5.41. The Bertz CT molecular complexity index is 609. The summed E-state index contributed by atoms with van der Waals surface area (Å²) >= 11 is 6.13. The zero-order valence-electron chi connectivity index (χ0n) is 15.2. The van der Waals surface area contributed by atoms with Crippen molar-refractivity contribution in [2.75, 3.05) is 38.6 Å². The number of hydrogen-bond acceptors (Lipinski definition) is 3. The standard InChI is InChI=1S/C19H28ClN3O2/c1-14-12-17(18(25-2)13-16(14)20)21-19(24)23-10-8-22(9-11-23)15-6-4-3-5-7-15/h12-13,15H,3-11H2,1-2H3,(H,21,24). The molecule has 1 N–H and O–H groups in total. The normalized spacial score (nSPS) is 19.7. The molecule has 1 heterocycles. The number of anilines is 1. The number of methoxy groups -OCH3 is 1. The summed E-state index contributed by atoms with van der Waals surface area (Å²) in [7, 11) is 1.58. The van der Waals surface area contributed by atoms with Gasteiger partial charge >= 0.3 is 6.03 Å². The van der Waals surface area contributed by atoms with Crippen molar-refractivity contribution in [1.29, 1.82) is 0 Å². The molecule has 2 fully saturated rings. The second-order valence-corrected chi connectivity index (χ2v) is 7.45. The van der Waals surface area contributed by atoms with Gasteiger partial charge in [-0.3, -0.25) is 4.90 Å². The summed E-state index contributed by atoms with van der Waals surface area (Å²) in [6.07, 6.45) is 6.70. The van der Waals surface area contributed by atoms with Crippen LogP contribution in [0.15, 0.2) is 12.1 Å². The van der Waals surface area contributed by atoms with Gasteiger partial charge in [-0.15, -0.1) is 0 Å². The minimum Gasteiger partial charge on any atom is -0.495 e. The molecule has 1 aliphatic carbocycles. The summed E-state index contributed by atoms with van der Waals surface area (Å²) in [5, 5.41) is 3.61. The third-order valence-corrected chi connectivity index (χ3v) is 5.82. The lowest BCUT2D eigenvalue weighted by Gasteiger charge is -2.40. The lowest BCUT2D eigenvalue weighted by molar-refractivity contribution is 0.0943. The summed E-state index contributed by atoms with van der Waals surface area (Å²) in [6.45, 7) is 5.40. The van der Waals surface area contributed by atoms with Crippen LogP contribution in [0, 0.1) is 6.92 Å². The second kappa shape index (κ2) is 8.28. The van der Waals surface area contributed by atoms with Gasteiger partial charge in [0, 0.05) is 43.3 Å². The van der Waals surface area contributed by atoms with Crippen molar-refractivity contribution >= 4 is 23.3 Å². The SMILES string of the molecule is COc1cc(Cl)c(C)cc1NC(=O)N1CCN(C2CCCCC2)CC1. The highest BCUT2D eigenvalue weighted by atomic mass is 35.5. The van der Waals surface area contributed by atoms with Crippen LogP contribution in [0.5, 0.6) is 5.75 Å². The van der Waals surface area contributed by atoms with E-state index in [4.69, 9.17) is 16.3 Å². The Labute approximate surface area is 155 Å². The number of benzene rings is 1. The van der Waals surface area contributed by atoms with Crippen LogP contribution in [-0.4, -0.2) is 55.2 Å². The lowest BCUT2D eigenvalue weighted by atomic mass is 9.94. The molecule has 2 amide bonds. The van der Waals surface area contributed by atoms with E-state index < -0.39 is 0 Å². The molecule has 0 unspecified atom stereocenters. The summed E-state index contributed by atoms with van der Waals surface area (Å²) in [6, 6.07) is 4.26. The van der Waals surface area contributed by atoms with Gasteiger partial charge in [0.1, 0.15) is 5.75 Å². The number of rotatable bonds is 3. The molecule has 138 valence electrons. The third kappa shape index (κ3) is 4.39. The largest absolute Gasteiger partial charge is 0.495 e. The summed E-state index contributed by atoms with van der Waals surface area (Å²) in [5.41, 5.74) is 1.59. The average molecular weight is 366 g/mol. The van der Waals surface area contributed by atoms with Crippen LogP contribution in [0.2, 0.25) is 5.02 Å². The molecular formula is C19H28ClN3O2. The van der Waals surface area contributed by atoms with E-state index in [9.17, 15) is 4.79 Å². The fourth-order valence-electron chi connectivity index (χ4n) is 3.86. The van der Waals surface area contributed by atoms with Gasteiger partial charge in [-0.1, -0.05) is 30.9 Å². The van der Waals surface area contributed by atoms with E-state index >= 15 is 0 Å². The molecule has 5 nitrogen and oxygen atoms in total. The van der Waals surface area contributed by atoms with Crippen molar-refractivity contribution in [3.05, 3.63) is 22.7 Å². The smallest absolute Gasteiger partial charge is 0.322 e. The number of nitrogens with zero attached hydrogens (tertiary/aromatic N) is 2. The van der Waals surface area contributed by atoms with Crippen LogP contribution in [0.1, 0.15) is 37.7 Å². The van der Waals surface area contributed by atoms with Crippen molar-refractivity contribution in [3.63, 3.8) is 0 Å². The molecule has 1 saturated heterocycles. The van der Waals surface area contributed by atoms with Crippen LogP contribution >= 0.6 is 11.6 Å².